The number of rotatable bonds is 5. The molecule has 0 aliphatic carbocycles. The lowest BCUT2D eigenvalue weighted by Gasteiger charge is -2.40. The molecule has 0 unspecified atom stereocenters. The van der Waals surface area contributed by atoms with Gasteiger partial charge in [-0.1, -0.05) is 0 Å². The summed E-state index contributed by atoms with van der Waals surface area (Å²) in [7, 11) is 4.10. The molecule has 1 fully saturated rings. The summed E-state index contributed by atoms with van der Waals surface area (Å²) in [6, 6.07) is 6.32. The van der Waals surface area contributed by atoms with Gasteiger partial charge >= 0.3 is 5.97 Å². The zero-order valence-electron chi connectivity index (χ0n) is 14.3. The first-order valence-electron chi connectivity index (χ1n) is 8.16. The van der Waals surface area contributed by atoms with Gasteiger partial charge in [-0.05, 0) is 39.2 Å². The molecular weight excluding hydrogens is 308 g/mol. The summed E-state index contributed by atoms with van der Waals surface area (Å²) in [5, 5.41) is 8.90. The summed E-state index contributed by atoms with van der Waals surface area (Å²) in [6.07, 6.45) is 0.0827. The van der Waals surface area contributed by atoms with E-state index in [0.717, 1.165) is 29.8 Å². The van der Waals surface area contributed by atoms with Crippen LogP contribution in [0.2, 0.25) is 0 Å². The number of likely N-dealkylation sites (N-methyl/N-ethyl adjacent to an activating group) is 1. The fourth-order valence-electron chi connectivity index (χ4n) is 3.15. The smallest absolute Gasteiger partial charge is 0.311 e. The zero-order chi connectivity index (χ0) is 17.3. The van der Waals surface area contributed by atoms with Crippen molar-refractivity contribution in [3.8, 4) is 0 Å². The molecule has 1 saturated heterocycles. The van der Waals surface area contributed by atoms with Gasteiger partial charge in [0, 0.05) is 24.8 Å². The standard InChI is InChI=1S/C17H24N4O3/c1-11-10-24-13(8-20(2)3)9-21(11)12-4-5-14-15(6-12)19-16(18-14)7-17(22)23/h4-6,11,13H,7-10H2,1-3H3,(H,18,19)(H,22,23)/t11-,13+/m1/s1. The van der Waals surface area contributed by atoms with Crippen molar-refractivity contribution >= 4 is 22.7 Å². The van der Waals surface area contributed by atoms with E-state index in [0.29, 0.717) is 18.5 Å². The lowest BCUT2D eigenvalue weighted by molar-refractivity contribution is -0.136. The number of morpholine rings is 1. The van der Waals surface area contributed by atoms with Crippen molar-refractivity contribution in [1.29, 1.82) is 0 Å². The number of hydrogen-bond acceptors (Lipinski definition) is 5. The Balaban J connectivity index is 1.83. The van der Waals surface area contributed by atoms with Crippen LogP contribution in [0.4, 0.5) is 5.69 Å². The lowest BCUT2D eigenvalue weighted by Crippen LogP contribution is -2.51. The number of H-pyrrole nitrogens is 1. The van der Waals surface area contributed by atoms with E-state index in [1.54, 1.807) is 0 Å². The topological polar surface area (TPSA) is 81.7 Å². The summed E-state index contributed by atoms with van der Waals surface area (Å²) in [5.41, 5.74) is 2.76. The Kier molecular flexibility index (Phi) is 4.73. The molecule has 1 aliphatic heterocycles. The van der Waals surface area contributed by atoms with E-state index in [-0.39, 0.29) is 12.5 Å². The molecule has 2 atom stereocenters. The molecule has 2 heterocycles. The van der Waals surface area contributed by atoms with Gasteiger partial charge in [0.25, 0.3) is 0 Å². The third-order valence-corrected chi connectivity index (χ3v) is 4.24. The molecule has 3 rings (SSSR count). The van der Waals surface area contributed by atoms with E-state index in [4.69, 9.17) is 9.84 Å². The van der Waals surface area contributed by atoms with Crippen LogP contribution in [-0.4, -0.2) is 71.9 Å². The molecule has 0 amide bonds. The van der Waals surface area contributed by atoms with Crippen LogP contribution in [-0.2, 0) is 16.0 Å². The molecule has 7 heteroatoms. The molecule has 130 valence electrons. The number of carboxylic acid groups (broad SMARTS) is 1. The van der Waals surface area contributed by atoms with E-state index in [1.807, 2.05) is 32.3 Å². The highest BCUT2D eigenvalue weighted by Crippen LogP contribution is 2.25. The Morgan fingerprint density at radius 1 is 1.50 bits per heavy atom. The second kappa shape index (κ2) is 6.78. The number of nitrogens with one attached hydrogen (secondary N) is 1. The lowest BCUT2D eigenvalue weighted by atomic mass is 10.1. The van der Waals surface area contributed by atoms with Gasteiger partial charge in [-0.3, -0.25) is 4.79 Å². The van der Waals surface area contributed by atoms with E-state index >= 15 is 0 Å². The van der Waals surface area contributed by atoms with Crippen LogP contribution in [0.15, 0.2) is 18.2 Å². The average Bonchev–Trinajstić information content (AvgIpc) is 2.89. The van der Waals surface area contributed by atoms with Crippen LogP contribution < -0.4 is 4.90 Å². The molecule has 1 aromatic carbocycles. The largest absolute Gasteiger partial charge is 0.481 e. The maximum Gasteiger partial charge on any atom is 0.311 e. The fourth-order valence-corrected chi connectivity index (χ4v) is 3.15. The number of aromatic amines is 1. The van der Waals surface area contributed by atoms with Gasteiger partial charge in [0.1, 0.15) is 12.2 Å². The molecule has 2 aromatic rings. The Morgan fingerprint density at radius 3 is 3.00 bits per heavy atom. The monoisotopic (exact) mass is 332 g/mol. The van der Waals surface area contributed by atoms with Crippen LogP contribution >= 0.6 is 0 Å². The van der Waals surface area contributed by atoms with Gasteiger partial charge in [-0.2, -0.15) is 0 Å². The number of anilines is 1. The molecule has 24 heavy (non-hydrogen) atoms. The number of aliphatic carboxylic acids is 1. The van der Waals surface area contributed by atoms with Gasteiger partial charge in [-0.15, -0.1) is 0 Å². The maximum atomic E-state index is 10.8. The Bertz CT molecular complexity index is 728. The zero-order valence-corrected chi connectivity index (χ0v) is 14.3. The first-order chi connectivity index (χ1) is 11.4. The van der Waals surface area contributed by atoms with Crippen molar-refractivity contribution < 1.29 is 14.6 Å². The second-order valence-electron chi connectivity index (χ2n) is 6.67. The van der Waals surface area contributed by atoms with Crippen LogP contribution in [0.3, 0.4) is 0 Å². The SMILES string of the molecule is C[C@@H]1CO[C@@H](CN(C)C)CN1c1ccc2nc(CC(=O)O)[nH]c2c1. The third-order valence-electron chi connectivity index (χ3n) is 4.24. The van der Waals surface area contributed by atoms with E-state index in [9.17, 15) is 4.79 Å². The normalized spacial score (nSPS) is 21.6. The highest BCUT2D eigenvalue weighted by Gasteiger charge is 2.27. The predicted molar refractivity (Wildman–Crippen MR) is 92.5 cm³/mol. The molecule has 0 saturated carbocycles. The first-order valence-corrected chi connectivity index (χ1v) is 8.16. The molecule has 2 N–H and O–H groups in total. The van der Waals surface area contributed by atoms with Crippen molar-refractivity contribution in [3.63, 3.8) is 0 Å². The average molecular weight is 332 g/mol. The van der Waals surface area contributed by atoms with Crippen molar-refractivity contribution in [1.82, 2.24) is 14.9 Å². The summed E-state index contributed by atoms with van der Waals surface area (Å²) in [6.45, 7) is 4.57. The van der Waals surface area contributed by atoms with Crippen LogP contribution in [0.25, 0.3) is 11.0 Å². The van der Waals surface area contributed by atoms with Gasteiger partial charge in [0.05, 0.1) is 23.7 Å². The van der Waals surface area contributed by atoms with Crippen LogP contribution in [0.5, 0.6) is 0 Å². The quantitative estimate of drug-likeness (QED) is 0.860. The number of aromatic nitrogens is 2. The fraction of sp³-hybridized carbons (Fsp3) is 0.529. The van der Waals surface area contributed by atoms with Crippen molar-refractivity contribution in [2.24, 2.45) is 0 Å². The van der Waals surface area contributed by atoms with Gasteiger partial charge in [0.15, 0.2) is 0 Å². The predicted octanol–water partition coefficient (Wildman–Crippen LogP) is 1.35. The van der Waals surface area contributed by atoms with E-state index < -0.39 is 5.97 Å². The Morgan fingerprint density at radius 2 is 2.29 bits per heavy atom. The minimum Gasteiger partial charge on any atom is -0.481 e. The van der Waals surface area contributed by atoms with E-state index in [1.165, 1.54) is 0 Å². The van der Waals surface area contributed by atoms with E-state index in [2.05, 4.69) is 26.7 Å². The number of carbonyl (C=O) groups is 1. The minimum atomic E-state index is -0.886. The molecule has 0 radical (unpaired) electrons. The van der Waals surface area contributed by atoms with Gasteiger partial charge in [0.2, 0.25) is 0 Å². The summed E-state index contributed by atoms with van der Waals surface area (Å²) >= 11 is 0. The number of imidazole rings is 1. The molecule has 0 spiro atoms. The van der Waals surface area contributed by atoms with Crippen molar-refractivity contribution in [3.05, 3.63) is 24.0 Å². The van der Waals surface area contributed by atoms with Crippen LogP contribution in [0, 0.1) is 0 Å². The highest BCUT2D eigenvalue weighted by atomic mass is 16.5. The maximum absolute atomic E-state index is 10.8. The minimum absolute atomic E-state index is 0.0944. The Labute approximate surface area is 141 Å². The summed E-state index contributed by atoms with van der Waals surface area (Å²) in [4.78, 5) is 22.7. The number of nitrogens with zero attached hydrogens (tertiary/aromatic N) is 3. The highest BCUT2D eigenvalue weighted by molar-refractivity contribution is 5.81. The number of ether oxygens (including phenoxy) is 1. The van der Waals surface area contributed by atoms with Crippen LogP contribution in [0.1, 0.15) is 12.7 Å². The number of carboxylic acids is 1. The number of fused-ring (bicyclic) bond motifs is 1. The van der Waals surface area contributed by atoms with Crippen molar-refractivity contribution in [2.45, 2.75) is 25.5 Å². The molecular formula is C17H24N4O3. The first kappa shape index (κ1) is 16.7. The third kappa shape index (κ3) is 3.68. The van der Waals surface area contributed by atoms with Gasteiger partial charge in [-0.25, -0.2) is 4.98 Å². The number of benzene rings is 1. The molecule has 1 aromatic heterocycles. The molecule has 1 aliphatic rings. The summed E-state index contributed by atoms with van der Waals surface area (Å²) in [5.74, 6) is -0.405. The molecule has 0 bridgehead atoms. The molecule has 7 nitrogen and oxygen atoms in total. The second-order valence-corrected chi connectivity index (χ2v) is 6.67. The number of hydrogen-bond donors (Lipinski definition) is 2. The Hall–Kier alpha value is -2.12. The van der Waals surface area contributed by atoms with Gasteiger partial charge < -0.3 is 24.6 Å². The summed E-state index contributed by atoms with van der Waals surface area (Å²) < 4.78 is 5.92. The van der Waals surface area contributed by atoms with Crippen molar-refractivity contribution in [2.75, 3.05) is 38.7 Å².